The van der Waals surface area contributed by atoms with Crippen molar-refractivity contribution in [3.63, 3.8) is 0 Å². The number of carboxylic acid groups (broad SMARTS) is 1. The standard InChI is InChI=1S/C10H22N2O.C3H6.2C2H6.CH2O2.CH4/c1-7(2)10(13)9(11-3)8-5-4-6-12-8;1-3-2;2*1-2;2-1-3;/h7-13H,4-6H2,1-3H3;3H,1H2,2H3;2*1-2H3;1H,(H,2,3);1H4. The average molecular weight is 351 g/mol. The molecule has 0 bridgehead atoms. The normalized spacial score (nSPS) is 16.7. The van der Waals surface area contributed by atoms with Crippen LogP contribution >= 0.6 is 0 Å². The molecule has 1 saturated heterocycles. The molecule has 0 spiro atoms. The highest BCUT2D eigenvalue weighted by Gasteiger charge is 2.30. The van der Waals surface area contributed by atoms with Gasteiger partial charge in [0, 0.05) is 12.1 Å². The molecule has 1 aliphatic heterocycles. The van der Waals surface area contributed by atoms with Gasteiger partial charge in [-0.25, -0.2) is 0 Å². The zero-order valence-electron chi connectivity index (χ0n) is 16.6. The van der Waals surface area contributed by atoms with Crippen LogP contribution in [0.15, 0.2) is 12.7 Å². The van der Waals surface area contributed by atoms with Crippen LogP contribution in [-0.4, -0.2) is 48.5 Å². The zero-order chi connectivity index (χ0) is 19.3. The summed E-state index contributed by atoms with van der Waals surface area (Å²) in [6.07, 6.45) is 3.91. The van der Waals surface area contributed by atoms with E-state index in [1.54, 1.807) is 6.08 Å². The van der Waals surface area contributed by atoms with E-state index in [0.717, 1.165) is 6.54 Å². The van der Waals surface area contributed by atoms with Gasteiger partial charge in [-0.2, -0.15) is 0 Å². The second-order valence-corrected chi connectivity index (χ2v) is 4.77. The van der Waals surface area contributed by atoms with E-state index in [4.69, 9.17) is 9.90 Å². The first-order chi connectivity index (χ1) is 11.0. The Balaban J connectivity index is -0.0000000927. The van der Waals surface area contributed by atoms with Gasteiger partial charge in [-0.05, 0) is 39.3 Å². The Morgan fingerprint density at radius 2 is 1.62 bits per heavy atom. The van der Waals surface area contributed by atoms with Gasteiger partial charge in [0.25, 0.3) is 6.47 Å². The lowest BCUT2D eigenvalue weighted by Gasteiger charge is -2.30. The molecule has 0 aromatic rings. The fraction of sp³-hybridized carbons (Fsp3) is 0.842. The summed E-state index contributed by atoms with van der Waals surface area (Å²) in [6, 6.07) is 0.643. The molecule has 3 atom stereocenters. The summed E-state index contributed by atoms with van der Waals surface area (Å²) in [5.41, 5.74) is 0. The predicted molar refractivity (Wildman–Crippen MR) is 109 cm³/mol. The summed E-state index contributed by atoms with van der Waals surface area (Å²) >= 11 is 0. The zero-order valence-corrected chi connectivity index (χ0v) is 16.6. The molecule has 1 heterocycles. The molecule has 24 heavy (non-hydrogen) atoms. The highest BCUT2D eigenvalue weighted by Crippen LogP contribution is 2.16. The van der Waals surface area contributed by atoms with Crippen molar-refractivity contribution in [2.75, 3.05) is 13.6 Å². The number of aliphatic hydroxyl groups is 1. The van der Waals surface area contributed by atoms with E-state index in [2.05, 4.69) is 31.1 Å². The first-order valence-corrected chi connectivity index (χ1v) is 8.73. The maximum absolute atomic E-state index is 9.94. The number of aliphatic hydroxyl groups excluding tert-OH is 1. The van der Waals surface area contributed by atoms with Crippen LogP contribution in [0.25, 0.3) is 0 Å². The highest BCUT2D eigenvalue weighted by molar-refractivity contribution is 5.32. The Morgan fingerprint density at radius 3 is 1.83 bits per heavy atom. The topological polar surface area (TPSA) is 81.6 Å². The fourth-order valence-corrected chi connectivity index (χ4v) is 2.04. The van der Waals surface area contributed by atoms with Crippen molar-refractivity contribution in [1.82, 2.24) is 10.6 Å². The first kappa shape index (κ1) is 34.4. The summed E-state index contributed by atoms with van der Waals surface area (Å²) in [4.78, 5) is 8.36. The Labute approximate surface area is 151 Å². The van der Waals surface area contributed by atoms with Gasteiger partial charge in [0.1, 0.15) is 0 Å². The van der Waals surface area contributed by atoms with Crippen molar-refractivity contribution in [3.05, 3.63) is 12.7 Å². The molecule has 0 aliphatic carbocycles. The van der Waals surface area contributed by atoms with Crippen molar-refractivity contribution in [3.8, 4) is 0 Å². The van der Waals surface area contributed by atoms with Crippen LogP contribution in [0.3, 0.4) is 0 Å². The minimum absolute atomic E-state index is 0. The molecular weight excluding hydrogens is 304 g/mol. The number of likely N-dealkylation sites (N-methyl/N-ethyl adjacent to an activating group) is 1. The molecule has 0 aromatic heterocycles. The van der Waals surface area contributed by atoms with E-state index < -0.39 is 0 Å². The summed E-state index contributed by atoms with van der Waals surface area (Å²) < 4.78 is 0. The predicted octanol–water partition coefficient (Wildman–Crippen LogP) is 3.92. The van der Waals surface area contributed by atoms with Crippen LogP contribution in [0.2, 0.25) is 0 Å². The third kappa shape index (κ3) is 21.1. The van der Waals surface area contributed by atoms with Crippen molar-refractivity contribution >= 4 is 6.47 Å². The lowest BCUT2D eigenvalue weighted by molar-refractivity contribution is -0.122. The van der Waals surface area contributed by atoms with Gasteiger partial charge in [0.05, 0.1) is 6.10 Å². The third-order valence-corrected chi connectivity index (χ3v) is 2.92. The maximum Gasteiger partial charge on any atom is 0.290 e. The molecule has 1 fully saturated rings. The molecule has 5 nitrogen and oxygen atoms in total. The van der Waals surface area contributed by atoms with Gasteiger partial charge in [-0.3, -0.25) is 4.79 Å². The van der Waals surface area contributed by atoms with Crippen LogP contribution in [0, 0.1) is 5.92 Å². The largest absolute Gasteiger partial charge is 0.483 e. The van der Waals surface area contributed by atoms with Crippen molar-refractivity contribution in [2.24, 2.45) is 5.92 Å². The van der Waals surface area contributed by atoms with Gasteiger partial charge < -0.3 is 20.8 Å². The number of carbonyl (C=O) groups is 1. The third-order valence-electron chi connectivity index (χ3n) is 2.92. The average Bonchev–Trinajstić information content (AvgIpc) is 3.07. The SMILES string of the molecule is C.C=CC.CC.CC.CNC(C1CCCN1)C(O)C(C)C.O=CO. The van der Waals surface area contributed by atoms with E-state index in [1.165, 1.54) is 12.8 Å². The Bertz CT molecular complexity index is 211. The molecule has 150 valence electrons. The molecule has 5 heteroatoms. The lowest BCUT2D eigenvalue weighted by Crippen LogP contribution is -2.52. The molecule has 1 rings (SSSR count). The molecule has 1 aliphatic rings. The highest BCUT2D eigenvalue weighted by atomic mass is 16.3. The van der Waals surface area contributed by atoms with Crippen molar-refractivity contribution in [1.29, 1.82) is 0 Å². The summed E-state index contributed by atoms with van der Waals surface area (Å²) in [6.45, 7) is 18.2. The number of hydrogen-bond acceptors (Lipinski definition) is 4. The monoisotopic (exact) mass is 350 g/mol. The molecule has 3 unspecified atom stereocenters. The Morgan fingerprint density at radius 1 is 1.25 bits per heavy atom. The molecule has 0 saturated carbocycles. The van der Waals surface area contributed by atoms with E-state index in [1.807, 2.05) is 41.7 Å². The van der Waals surface area contributed by atoms with Gasteiger partial charge in [0.15, 0.2) is 0 Å². The Kier molecular flexibility index (Phi) is 43.1. The quantitative estimate of drug-likeness (QED) is 0.456. The lowest BCUT2D eigenvalue weighted by atomic mass is 9.93. The van der Waals surface area contributed by atoms with Crippen molar-refractivity contribution < 1.29 is 15.0 Å². The van der Waals surface area contributed by atoms with Gasteiger partial charge >= 0.3 is 0 Å². The summed E-state index contributed by atoms with van der Waals surface area (Å²) in [7, 11) is 1.93. The van der Waals surface area contributed by atoms with Crippen LogP contribution in [-0.2, 0) is 4.79 Å². The van der Waals surface area contributed by atoms with E-state index in [9.17, 15) is 5.11 Å². The fourth-order valence-electron chi connectivity index (χ4n) is 2.04. The summed E-state index contributed by atoms with van der Waals surface area (Å²) in [5, 5.41) is 23.5. The van der Waals surface area contributed by atoms with Gasteiger partial charge in [-0.15, -0.1) is 6.58 Å². The molecular formula is C19H46N2O3. The molecule has 0 radical (unpaired) electrons. The second-order valence-electron chi connectivity index (χ2n) is 4.77. The minimum Gasteiger partial charge on any atom is -0.483 e. The molecule has 0 amide bonds. The van der Waals surface area contributed by atoms with Gasteiger partial charge in [0.2, 0.25) is 0 Å². The Hall–Kier alpha value is -0.910. The number of rotatable bonds is 4. The van der Waals surface area contributed by atoms with E-state index in [-0.39, 0.29) is 26.0 Å². The van der Waals surface area contributed by atoms with Crippen LogP contribution in [0.1, 0.15) is 68.7 Å². The van der Waals surface area contributed by atoms with Crippen LogP contribution < -0.4 is 10.6 Å². The van der Waals surface area contributed by atoms with Gasteiger partial charge in [-0.1, -0.05) is 55.0 Å². The molecule has 4 N–H and O–H groups in total. The van der Waals surface area contributed by atoms with Crippen molar-refractivity contribution in [2.45, 2.75) is 86.9 Å². The number of allylic oxidation sites excluding steroid dienone is 1. The van der Waals surface area contributed by atoms with E-state index in [0.29, 0.717) is 12.0 Å². The first-order valence-electron chi connectivity index (χ1n) is 8.73. The van der Waals surface area contributed by atoms with Crippen LogP contribution in [0.5, 0.6) is 0 Å². The number of nitrogens with one attached hydrogen (secondary N) is 2. The molecule has 0 aromatic carbocycles. The van der Waals surface area contributed by atoms with Crippen LogP contribution in [0.4, 0.5) is 0 Å². The van der Waals surface area contributed by atoms with E-state index >= 15 is 0 Å². The maximum atomic E-state index is 9.94. The minimum atomic E-state index is -0.250. The number of hydrogen-bond donors (Lipinski definition) is 4. The smallest absolute Gasteiger partial charge is 0.290 e. The summed E-state index contributed by atoms with van der Waals surface area (Å²) in [5.74, 6) is 0.319. The second kappa shape index (κ2) is 30.0.